The number of anilines is 4. The standard InChI is InChI=1S/C30H38ClN7O3/c1-37-19-21-4-6-24(31)25(16-21)36-29-18-28(33-20-34-29)35-22-5-7-26(40-2)27(17-22)41-15-3-11-32-30(39)10-14-38-12-8-23(37)9-13-38/h4-7,16-18,20,23H,3,8-15,19H2,1-2H3,(H,32,39)(H2,33,34,35,36). The van der Waals surface area contributed by atoms with Crippen molar-refractivity contribution in [3.8, 4) is 11.5 Å². The van der Waals surface area contributed by atoms with E-state index in [4.69, 9.17) is 21.1 Å². The van der Waals surface area contributed by atoms with Gasteiger partial charge in [0, 0.05) is 49.9 Å². The summed E-state index contributed by atoms with van der Waals surface area (Å²) in [6, 6.07) is 14.0. The first-order chi connectivity index (χ1) is 20.0. The van der Waals surface area contributed by atoms with Crippen molar-refractivity contribution in [3.05, 3.63) is 59.4 Å². The van der Waals surface area contributed by atoms with Gasteiger partial charge in [0.25, 0.3) is 0 Å². The van der Waals surface area contributed by atoms with E-state index in [0.717, 1.165) is 50.4 Å². The summed E-state index contributed by atoms with van der Waals surface area (Å²) in [5.41, 5.74) is 2.75. The Hall–Kier alpha value is -3.60. The van der Waals surface area contributed by atoms with Crippen LogP contribution in [0.3, 0.4) is 0 Å². The van der Waals surface area contributed by atoms with Gasteiger partial charge < -0.3 is 30.3 Å². The van der Waals surface area contributed by atoms with Gasteiger partial charge in [0.05, 0.1) is 24.4 Å². The van der Waals surface area contributed by atoms with Crippen LogP contribution in [-0.4, -0.2) is 78.7 Å². The van der Waals surface area contributed by atoms with Crippen LogP contribution in [0.2, 0.25) is 5.02 Å². The number of hydrogen-bond acceptors (Lipinski definition) is 9. The molecule has 1 fully saturated rings. The lowest BCUT2D eigenvalue weighted by Gasteiger charge is -2.36. The summed E-state index contributed by atoms with van der Waals surface area (Å²) in [6.07, 6.45) is 4.86. The van der Waals surface area contributed by atoms with Crippen LogP contribution in [0.1, 0.15) is 31.2 Å². The van der Waals surface area contributed by atoms with Gasteiger partial charge in [0.15, 0.2) is 11.5 Å². The molecular weight excluding hydrogens is 542 g/mol. The summed E-state index contributed by atoms with van der Waals surface area (Å²) >= 11 is 6.57. The lowest BCUT2D eigenvalue weighted by Crippen LogP contribution is -2.44. The number of carbonyl (C=O) groups is 1. The number of carbonyl (C=O) groups excluding carboxylic acids is 1. The van der Waals surface area contributed by atoms with Crippen molar-refractivity contribution >= 4 is 40.5 Å². The van der Waals surface area contributed by atoms with Gasteiger partial charge in [-0.3, -0.25) is 9.69 Å². The Balaban J connectivity index is 1.36. The van der Waals surface area contributed by atoms with Crippen LogP contribution >= 0.6 is 11.6 Å². The molecule has 0 aliphatic carbocycles. The van der Waals surface area contributed by atoms with E-state index in [1.165, 1.54) is 11.9 Å². The van der Waals surface area contributed by atoms with Crippen molar-refractivity contribution in [2.24, 2.45) is 0 Å². The summed E-state index contributed by atoms with van der Waals surface area (Å²) < 4.78 is 11.5. The fraction of sp³-hybridized carbons (Fsp3) is 0.433. The van der Waals surface area contributed by atoms with E-state index in [2.05, 4.69) is 54.9 Å². The highest BCUT2D eigenvalue weighted by Gasteiger charge is 2.23. The van der Waals surface area contributed by atoms with Crippen LogP contribution in [0.25, 0.3) is 0 Å². The minimum Gasteiger partial charge on any atom is -0.493 e. The number of halogens is 1. The molecule has 1 saturated heterocycles. The maximum Gasteiger partial charge on any atom is 0.221 e. The van der Waals surface area contributed by atoms with Crippen LogP contribution in [0.5, 0.6) is 11.5 Å². The number of aromatic nitrogens is 2. The fourth-order valence-corrected chi connectivity index (χ4v) is 5.41. The molecule has 10 nitrogen and oxygen atoms in total. The predicted octanol–water partition coefficient (Wildman–Crippen LogP) is 4.81. The number of piperidine rings is 1. The Morgan fingerprint density at radius 2 is 1.83 bits per heavy atom. The van der Waals surface area contributed by atoms with E-state index < -0.39 is 0 Å². The second-order valence-electron chi connectivity index (χ2n) is 10.5. The molecule has 0 saturated carbocycles. The zero-order valence-electron chi connectivity index (χ0n) is 23.7. The summed E-state index contributed by atoms with van der Waals surface area (Å²) in [6.45, 7) is 4.60. The quantitative estimate of drug-likeness (QED) is 0.374. The molecule has 3 N–H and O–H groups in total. The van der Waals surface area contributed by atoms with Crippen molar-refractivity contribution in [2.75, 3.05) is 57.6 Å². The van der Waals surface area contributed by atoms with Crippen molar-refractivity contribution < 1.29 is 14.3 Å². The normalized spacial score (nSPS) is 20.8. The Bertz CT molecular complexity index is 1330. The number of benzene rings is 2. The first kappa shape index (κ1) is 28.9. The summed E-state index contributed by atoms with van der Waals surface area (Å²) in [7, 11) is 3.79. The number of hydrogen-bond donors (Lipinski definition) is 3. The zero-order valence-corrected chi connectivity index (χ0v) is 24.4. The fourth-order valence-electron chi connectivity index (χ4n) is 5.24. The van der Waals surface area contributed by atoms with Crippen molar-refractivity contribution in [3.63, 3.8) is 0 Å². The number of rotatable bonds is 1. The molecule has 11 heteroatoms. The topological polar surface area (TPSA) is 104 Å². The molecule has 2 aromatic carbocycles. The lowest BCUT2D eigenvalue weighted by atomic mass is 10.0. The third kappa shape index (κ3) is 8.00. The van der Waals surface area contributed by atoms with Crippen LogP contribution in [-0.2, 0) is 11.3 Å². The van der Waals surface area contributed by atoms with Crippen molar-refractivity contribution in [1.29, 1.82) is 0 Å². The number of amides is 1. The zero-order chi connectivity index (χ0) is 28.6. The minimum absolute atomic E-state index is 0.0786. The average Bonchev–Trinajstić information content (AvgIpc) is 2.98. The van der Waals surface area contributed by atoms with Gasteiger partial charge in [-0.25, -0.2) is 9.97 Å². The third-order valence-corrected chi connectivity index (χ3v) is 7.89. The molecule has 218 valence electrons. The van der Waals surface area contributed by atoms with Gasteiger partial charge in [0.1, 0.15) is 18.0 Å². The summed E-state index contributed by atoms with van der Waals surface area (Å²) in [5.74, 6) is 2.56. The highest BCUT2D eigenvalue weighted by Crippen LogP contribution is 2.32. The van der Waals surface area contributed by atoms with E-state index in [9.17, 15) is 4.79 Å². The molecule has 6 rings (SSSR count). The van der Waals surface area contributed by atoms with Gasteiger partial charge in [-0.15, -0.1) is 0 Å². The molecule has 1 aromatic heterocycles. The number of fused-ring (bicyclic) bond motifs is 10. The second-order valence-corrected chi connectivity index (χ2v) is 10.9. The van der Waals surface area contributed by atoms with E-state index >= 15 is 0 Å². The molecule has 3 aliphatic rings. The van der Waals surface area contributed by atoms with Gasteiger partial charge in [-0.05, 0) is 69.2 Å². The van der Waals surface area contributed by atoms with E-state index in [1.807, 2.05) is 30.3 Å². The number of nitrogens with zero attached hydrogens (tertiary/aromatic N) is 4. The molecule has 3 aliphatic heterocycles. The second kappa shape index (κ2) is 13.8. The molecule has 3 aromatic rings. The molecule has 0 spiro atoms. The largest absolute Gasteiger partial charge is 0.493 e. The van der Waals surface area contributed by atoms with Crippen molar-refractivity contribution in [2.45, 2.75) is 38.3 Å². The van der Waals surface area contributed by atoms with Gasteiger partial charge in [0.2, 0.25) is 5.91 Å². The van der Waals surface area contributed by atoms with Crippen LogP contribution in [0, 0.1) is 0 Å². The third-order valence-electron chi connectivity index (χ3n) is 7.56. The monoisotopic (exact) mass is 579 g/mol. The molecule has 0 atom stereocenters. The molecule has 0 unspecified atom stereocenters. The molecule has 0 radical (unpaired) electrons. The highest BCUT2D eigenvalue weighted by atomic mass is 35.5. The first-order valence-corrected chi connectivity index (χ1v) is 14.5. The van der Waals surface area contributed by atoms with Crippen LogP contribution in [0.4, 0.5) is 23.0 Å². The molecule has 1 amide bonds. The first-order valence-electron chi connectivity index (χ1n) is 14.1. The Kier molecular flexibility index (Phi) is 9.76. The lowest BCUT2D eigenvalue weighted by molar-refractivity contribution is -0.121. The number of methoxy groups -OCH3 is 1. The molecule has 8 bridgehead atoms. The number of nitrogens with one attached hydrogen (secondary N) is 3. The molecule has 41 heavy (non-hydrogen) atoms. The number of ether oxygens (including phenoxy) is 2. The van der Waals surface area contributed by atoms with Crippen LogP contribution in [0.15, 0.2) is 48.8 Å². The van der Waals surface area contributed by atoms with Crippen LogP contribution < -0.4 is 25.4 Å². The SMILES string of the molecule is COc1ccc2cc1OCCCNC(=O)CCN1CCC(CC1)N(C)Cc1ccc(Cl)c(c1)Nc1cc(ncn1)N2. The highest BCUT2D eigenvalue weighted by molar-refractivity contribution is 6.33. The van der Waals surface area contributed by atoms with E-state index in [0.29, 0.717) is 60.2 Å². The molecule has 4 heterocycles. The van der Waals surface area contributed by atoms with E-state index in [1.54, 1.807) is 7.11 Å². The van der Waals surface area contributed by atoms with Gasteiger partial charge >= 0.3 is 0 Å². The predicted molar refractivity (Wildman–Crippen MR) is 162 cm³/mol. The molecular formula is C30H38ClN7O3. The summed E-state index contributed by atoms with van der Waals surface area (Å²) in [5, 5.41) is 10.3. The smallest absolute Gasteiger partial charge is 0.221 e. The Morgan fingerprint density at radius 3 is 2.63 bits per heavy atom. The van der Waals surface area contributed by atoms with Crippen molar-refractivity contribution in [1.82, 2.24) is 25.1 Å². The van der Waals surface area contributed by atoms with Gasteiger partial charge in [-0.2, -0.15) is 0 Å². The average molecular weight is 580 g/mol. The maximum absolute atomic E-state index is 12.4. The minimum atomic E-state index is 0.0786. The van der Waals surface area contributed by atoms with Gasteiger partial charge in [-0.1, -0.05) is 17.7 Å². The maximum atomic E-state index is 12.4. The van der Waals surface area contributed by atoms with E-state index in [-0.39, 0.29) is 5.91 Å². The Morgan fingerprint density at radius 1 is 1.02 bits per heavy atom. The summed E-state index contributed by atoms with van der Waals surface area (Å²) in [4.78, 5) is 26.0. The Labute approximate surface area is 246 Å².